The normalized spacial score (nSPS) is 17.1. The third-order valence-corrected chi connectivity index (χ3v) is 4.03. The van der Waals surface area contributed by atoms with Gasteiger partial charge in [0.1, 0.15) is 6.04 Å². The molecule has 1 aromatic rings. The molecule has 0 aromatic heterocycles. The van der Waals surface area contributed by atoms with Gasteiger partial charge in [0.25, 0.3) is 0 Å². The number of carbonyl (C=O) groups excluding carboxylic acids is 1. The topological polar surface area (TPSA) is 49.6 Å². The third-order valence-electron chi connectivity index (χ3n) is 4.03. The van der Waals surface area contributed by atoms with Gasteiger partial charge in [-0.2, -0.15) is 0 Å². The van der Waals surface area contributed by atoms with Crippen molar-refractivity contribution in [3.63, 3.8) is 0 Å². The molecular weight excluding hydrogens is 250 g/mol. The molecule has 2 rings (SSSR count). The molecule has 0 aliphatic carbocycles. The Bertz CT molecular complexity index is 438. The highest BCUT2D eigenvalue weighted by Crippen LogP contribution is 2.14. The van der Waals surface area contributed by atoms with Crippen molar-refractivity contribution < 1.29 is 4.79 Å². The first-order valence-corrected chi connectivity index (χ1v) is 7.37. The molecule has 110 valence electrons. The van der Waals surface area contributed by atoms with Crippen molar-refractivity contribution in [1.82, 2.24) is 9.80 Å². The van der Waals surface area contributed by atoms with Crippen LogP contribution in [-0.4, -0.2) is 48.9 Å². The summed E-state index contributed by atoms with van der Waals surface area (Å²) in [5.41, 5.74) is 8.13. The van der Waals surface area contributed by atoms with Gasteiger partial charge in [-0.25, -0.2) is 0 Å². The van der Waals surface area contributed by atoms with Crippen molar-refractivity contribution >= 4 is 5.91 Å². The number of likely N-dealkylation sites (N-methyl/N-ethyl adjacent to an activating group) is 1. The summed E-state index contributed by atoms with van der Waals surface area (Å²) in [7, 11) is 1.84. The van der Waals surface area contributed by atoms with E-state index in [-0.39, 0.29) is 5.91 Å². The van der Waals surface area contributed by atoms with Crippen LogP contribution in [0.3, 0.4) is 0 Å². The predicted molar refractivity (Wildman–Crippen MR) is 81.4 cm³/mol. The Morgan fingerprint density at radius 1 is 1.30 bits per heavy atom. The summed E-state index contributed by atoms with van der Waals surface area (Å²) in [5.74, 6) is -0.00644. The molecule has 4 heteroatoms. The van der Waals surface area contributed by atoms with Crippen LogP contribution in [0.4, 0.5) is 0 Å². The third kappa shape index (κ3) is 3.81. The van der Waals surface area contributed by atoms with Gasteiger partial charge >= 0.3 is 0 Å². The fourth-order valence-electron chi connectivity index (χ4n) is 2.56. The Labute approximate surface area is 121 Å². The summed E-state index contributed by atoms with van der Waals surface area (Å²) >= 11 is 0. The molecule has 0 saturated carbocycles. The maximum absolute atomic E-state index is 12.3. The molecule has 1 saturated heterocycles. The number of hydrogen-bond donors (Lipinski definition) is 1. The van der Waals surface area contributed by atoms with Crippen LogP contribution in [0.1, 0.15) is 30.0 Å². The minimum absolute atomic E-state index is 0.00644. The number of hydrogen-bond acceptors (Lipinski definition) is 3. The lowest BCUT2D eigenvalue weighted by atomic mass is 10.0. The SMILES string of the molecule is Cc1ccc(C(N)C(=O)N(C)CCN2CCCC2)cc1. The van der Waals surface area contributed by atoms with Gasteiger partial charge in [0.15, 0.2) is 0 Å². The molecule has 4 nitrogen and oxygen atoms in total. The van der Waals surface area contributed by atoms with E-state index >= 15 is 0 Å². The van der Waals surface area contributed by atoms with E-state index in [0.717, 1.165) is 31.7 Å². The fourth-order valence-corrected chi connectivity index (χ4v) is 2.56. The van der Waals surface area contributed by atoms with Gasteiger partial charge in [-0.05, 0) is 38.4 Å². The second kappa shape index (κ2) is 6.86. The highest BCUT2D eigenvalue weighted by atomic mass is 16.2. The van der Waals surface area contributed by atoms with E-state index in [0.29, 0.717) is 0 Å². The van der Waals surface area contributed by atoms with Crippen LogP contribution < -0.4 is 5.73 Å². The maximum Gasteiger partial charge on any atom is 0.243 e. The van der Waals surface area contributed by atoms with Crippen molar-refractivity contribution in [2.75, 3.05) is 33.2 Å². The van der Waals surface area contributed by atoms with E-state index in [1.54, 1.807) is 4.90 Å². The first kappa shape index (κ1) is 15.0. The molecule has 1 fully saturated rings. The van der Waals surface area contributed by atoms with Crippen LogP contribution in [-0.2, 0) is 4.79 Å². The lowest BCUT2D eigenvalue weighted by Gasteiger charge is -2.24. The summed E-state index contributed by atoms with van der Waals surface area (Å²) in [4.78, 5) is 16.5. The minimum atomic E-state index is -0.556. The number of benzene rings is 1. The molecular formula is C16H25N3O. The fraction of sp³-hybridized carbons (Fsp3) is 0.562. The van der Waals surface area contributed by atoms with Gasteiger partial charge in [-0.15, -0.1) is 0 Å². The predicted octanol–water partition coefficient (Wildman–Crippen LogP) is 1.55. The molecule has 0 bridgehead atoms. The molecule has 1 aliphatic rings. The zero-order valence-electron chi connectivity index (χ0n) is 12.5. The standard InChI is InChI=1S/C16H25N3O/c1-13-5-7-14(8-6-13)15(17)16(20)18(2)11-12-19-9-3-4-10-19/h5-8,15H,3-4,9-12,17H2,1-2H3. The first-order chi connectivity index (χ1) is 9.58. The first-order valence-electron chi connectivity index (χ1n) is 7.37. The van der Waals surface area contributed by atoms with Crippen LogP contribution in [0.25, 0.3) is 0 Å². The molecule has 1 aliphatic heterocycles. The average Bonchev–Trinajstić information content (AvgIpc) is 2.97. The van der Waals surface area contributed by atoms with Gasteiger partial charge in [-0.3, -0.25) is 4.79 Å². The average molecular weight is 275 g/mol. The quantitative estimate of drug-likeness (QED) is 0.887. The Morgan fingerprint density at radius 2 is 1.90 bits per heavy atom. The number of carbonyl (C=O) groups is 1. The molecule has 20 heavy (non-hydrogen) atoms. The van der Waals surface area contributed by atoms with E-state index in [2.05, 4.69) is 4.90 Å². The largest absolute Gasteiger partial charge is 0.343 e. The van der Waals surface area contributed by atoms with Crippen LogP contribution in [0.2, 0.25) is 0 Å². The molecule has 0 radical (unpaired) electrons. The van der Waals surface area contributed by atoms with E-state index in [1.807, 2.05) is 38.2 Å². The molecule has 1 unspecified atom stereocenters. The van der Waals surface area contributed by atoms with Crippen LogP contribution in [0.15, 0.2) is 24.3 Å². The van der Waals surface area contributed by atoms with Crippen LogP contribution in [0, 0.1) is 6.92 Å². The van der Waals surface area contributed by atoms with E-state index in [4.69, 9.17) is 5.73 Å². The second-order valence-electron chi connectivity index (χ2n) is 5.70. The van der Waals surface area contributed by atoms with Gasteiger partial charge in [0.2, 0.25) is 5.91 Å². The van der Waals surface area contributed by atoms with Gasteiger partial charge in [0, 0.05) is 20.1 Å². The zero-order chi connectivity index (χ0) is 14.5. The molecule has 0 spiro atoms. The lowest BCUT2D eigenvalue weighted by molar-refractivity contribution is -0.131. The van der Waals surface area contributed by atoms with E-state index in [9.17, 15) is 4.79 Å². The van der Waals surface area contributed by atoms with Gasteiger partial charge < -0.3 is 15.5 Å². The number of nitrogens with two attached hydrogens (primary N) is 1. The van der Waals surface area contributed by atoms with Crippen molar-refractivity contribution in [1.29, 1.82) is 0 Å². The number of likely N-dealkylation sites (tertiary alicyclic amines) is 1. The second-order valence-corrected chi connectivity index (χ2v) is 5.70. The highest BCUT2D eigenvalue weighted by Gasteiger charge is 2.20. The van der Waals surface area contributed by atoms with E-state index < -0.39 is 6.04 Å². The van der Waals surface area contributed by atoms with Crippen molar-refractivity contribution in [2.24, 2.45) is 5.73 Å². The van der Waals surface area contributed by atoms with Crippen LogP contribution >= 0.6 is 0 Å². The number of nitrogens with zero attached hydrogens (tertiary/aromatic N) is 2. The summed E-state index contributed by atoms with van der Waals surface area (Å²) in [5, 5.41) is 0. The van der Waals surface area contributed by atoms with Crippen molar-refractivity contribution in [2.45, 2.75) is 25.8 Å². The van der Waals surface area contributed by atoms with E-state index in [1.165, 1.54) is 18.4 Å². The summed E-state index contributed by atoms with van der Waals surface area (Å²) < 4.78 is 0. The summed E-state index contributed by atoms with van der Waals surface area (Å²) in [6, 6.07) is 7.30. The number of amides is 1. The van der Waals surface area contributed by atoms with Gasteiger partial charge in [-0.1, -0.05) is 29.8 Å². The Kier molecular flexibility index (Phi) is 5.15. The van der Waals surface area contributed by atoms with Crippen molar-refractivity contribution in [3.05, 3.63) is 35.4 Å². The molecule has 1 heterocycles. The molecule has 2 N–H and O–H groups in total. The minimum Gasteiger partial charge on any atom is -0.343 e. The van der Waals surface area contributed by atoms with Crippen molar-refractivity contribution in [3.8, 4) is 0 Å². The lowest BCUT2D eigenvalue weighted by Crippen LogP contribution is -2.40. The smallest absolute Gasteiger partial charge is 0.243 e. The number of aryl methyl sites for hydroxylation is 1. The Hall–Kier alpha value is -1.39. The Morgan fingerprint density at radius 3 is 2.50 bits per heavy atom. The molecule has 1 atom stereocenters. The highest BCUT2D eigenvalue weighted by molar-refractivity contribution is 5.82. The summed E-state index contributed by atoms with van der Waals surface area (Å²) in [6.07, 6.45) is 2.56. The van der Waals surface area contributed by atoms with Crippen LogP contribution in [0.5, 0.6) is 0 Å². The Balaban J connectivity index is 1.86. The monoisotopic (exact) mass is 275 g/mol. The molecule has 1 amide bonds. The van der Waals surface area contributed by atoms with Gasteiger partial charge in [0.05, 0.1) is 0 Å². The zero-order valence-corrected chi connectivity index (χ0v) is 12.5. The maximum atomic E-state index is 12.3. The molecule has 1 aromatic carbocycles. The summed E-state index contributed by atoms with van der Waals surface area (Å²) in [6.45, 7) is 6.04. The number of rotatable bonds is 5.